The number of oxime groups is 1. The van der Waals surface area contributed by atoms with E-state index in [0.29, 0.717) is 45.9 Å². The largest absolute Gasteiger partial charge is 1.00 e. The van der Waals surface area contributed by atoms with Gasteiger partial charge in [0.1, 0.15) is 10.9 Å². The van der Waals surface area contributed by atoms with Crippen molar-refractivity contribution in [2.75, 3.05) is 35.4 Å². The van der Waals surface area contributed by atoms with Crippen molar-refractivity contribution in [2.24, 2.45) is 16.8 Å². The SMILES string of the molecule is C.C.C.C.CC(Cl)Cl.COC(=O)c1ccccc1-c1nc(C)no1.COC(C)(OC)N(C)C.Cc1noc(-c2ccccc2C(=O)O)n1.Cc1noc(-c2ccccc2I)n1.N#Cc1ccccc1I.NC(=NO)c1ccccc1I.NO.[C-]#[O+].[Na+].[OH-]. The van der Waals surface area contributed by atoms with Gasteiger partial charge < -0.3 is 54.5 Å². The average molecular weight is 1600 g/mol. The monoisotopic (exact) mass is 1600 g/mol. The number of halogens is 5. The number of hydrogen-bond acceptors (Lipinski definition) is 21. The standard InChI is InChI=1S/C11H10N2O3.C10H8N2O3.C9H7IN2O.C7H7IN2O.C7H4IN.C6H15NO2.C2H4Cl2.CO.4CH4.H3NO.Na.H2O/c1-7-12-10(16-13-7)8-5-3-4-6-9(8)11(14)15-2;1-6-11-9(15-12-6)7-4-2-3-5-8(7)10(13)14;1-6-11-9(13-12-6)7-4-2-3-5-8(7)10;8-6-4-2-1-3-5(6)7(9)10-11;8-7-4-2-1-3-6(7)5-9;1-6(8-4,9-5)7(2)3;1-2(3)4;1-2;;;;;1-2;;/h3-6H,1-2H3;2-5H,1H3,(H,13,14);2-5H,1H3;1-4,11H,(H2,9,10);1-4H;1-5H3;2H,1H3;;4*1H4;2H,1H2;;1H2/q;;;;;;;;;;;;;+1;/p-1. The molecule has 472 valence electrons. The van der Waals surface area contributed by atoms with Crippen LogP contribution in [-0.2, 0) is 18.9 Å². The molecule has 0 fully saturated rings. The minimum Gasteiger partial charge on any atom is -0.870 e. The van der Waals surface area contributed by atoms with Crippen LogP contribution in [0.5, 0.6) is 0 Å². The molecule has 8 aromatic rings. The summed E-state index contributed by atoms with van der Waals surface area (Å²) >= 11 is 16.6. The van der Waals surface area contributed by atoms with E-state index in [-0.39, 0.29) is 86.9 Å². The number of alkyl halides is 2. The van der Waals surface area contributed by atoms with Gasteiger partial charge in [0.2, 0.25) is 5.91 Å². The number of aryl methyl sites for hydroxylation is 3. The minimum absolute atomic E-state index is 0. The number of carbonyl (C=O) groups excluding carboxylic acids is 1. The number of nitrogens with zero attached hydrogens (tertiary/aromatic N) is 9. The Hall–Kier alpha value is -5.51. The number of aromatic carboxylic acids is 1. The van der Waals surface area contributed by atoms with Gasteiger partial charge in [-0.25, -0.2) is 15.5 Å². The summed E-state index contributed by atoms with van der Waals surface area (Å²) in [5, 5.41) is 46.2. The van der Waals surface area contributed by atoms with Gasteiger partial charge in [-0.05, 0) is 164 Å². The second kappa shape index (κ2) is 53.5. The third-order valence-corrected chi connectivity index (χ3v) is 12.3. The Balaban J connectivity index is -0.000000172. The van der Waals surface area contributed by atoms with Gasteiger partial charge in [-0.1, -0.05) is 117 Å². The minimum atomic E-state index is -1.01. The molecule has 0 bridgehead atoms. The maximum Gasteiger partial charge on any atom is 1.00 e. The fourth-order valence-corrected chi connectivity index (χ4v) is 7.18. The first-order valence-corrected chi connectivity index (χ1v) is 26.7. The molecular formula is C57H75Cl2I3N11NaO13. The smallest absolute Gasteiger partial charge is 0.870 e. The molecule has 5 aromatic carbocycles. The number of esters is 1. The van der Waals surface area contributed by atoms with E-state index in [9.17, 15) is 9.59 Å². The van der Waals surface area contributed by atoms with Crippen LogP contribution in [0.15, 0.2) is 140 Å². The van der Waals surface area contributed by atoms with Crippen molar-refractivity contribution in [3.63, 3.8) is 0 Å². The summed E-state index contributed by atoms with van der Waals surface area (Å²) in [4.78, 5) is 36.3. The molecule has 8 rings (SSSR count). The normalized spacial score (nSPS) is 9.31. The molecule has 8 N–H and O–H groups in total. The van der Waals surface area contributed by atoms with Crippen LogP contribution in [0.3, 0.4) is 0 Å². The van der Waals surface area contributed by atoms with Crippen molar-refractivity contribution >= 4 is 109 Å². The molecule has 0 aliphatic heterocycles. The average Bonchev–Trinajstić information content (AvgIpc) is 4.29. The molecule has 0 aliphatic carbocycles. The summed E-state index contributed by atoms with van der Waals surface area (Å²) < 4.78 is 40.4. The molecule has 0 saturated heterocycles. The number of methoxy groups -OCH3 is 3. The Kier molecular flexibility index (Phi) is 58.5. The first kappa shape index (κ1) is 95.1. The predicted octanol–water partition coefficient (Wildman–Crippen LogP) is 10.8. The third-order valence-electron chi connectivity index (χ3n) is 9.46. The Morgan fingerprint density at radius 1 is 0.667 bits per heavy atom. The zero-order valence-corrected chi connectivity index (χ0v) is 56.6. The number of nitrogens with two attached hydrogens (primary N) is 2. The van der Waals surface area contributed by atoms with Gasteiger partial charge in [0.15, 0.2) is 23.3 Å². The molecule has 0 atom stereocenters. The van der Waals surface area contributed by atoms with E-state index in [1.165, 1.54) is 13.2 Å². The van der Waals surface area contributed by atoms with E-state index in [0.717, 1.165) is 27.4 Å². The Morgan fingerprint density at radius 3 is 1.28 bits per heavy atom. The zero-order valence-electron chi connectivity index (χ0n) is 46.7. The summed E-state index contributed by atoms with van der Waals surface area (Å²) in [7, 11) is 8.35. The van der Waals surface area contributed by atoms with Crippen molar-refractivity contribution in [3.05, 3.63) is 178 Å². The van der Waals surface area contributed by atoms with Crippen molar-refractivity contribution in [1.82, 2.24) is 35.3 Å². The quantitative estimate of drug-likeness (QED) is 0.00766. The number of ether oxygens (including phenoxy) is 3. The number of rotatable bonds is 9. The van der Waals surface area contributed by atoms with E-state index in [4.69, 9.17) is 77.4 Å². The topological polar surface area (TPSA) is 381 Å². The van der Waals surface area contributed by atoms with Gasteiger partial charge in [0, 0.05) is 37.4 Å². The number of carbonyl (C=O) groups is 2. The van der Waals surface area contributed by atoms with Crippen molar-refractivity contribution in [1.29, 1.82) is 5.26 Å². The number of benzene rings is 5. The van der Waals surface area contributed by atoms with Crippen LogP contribution < -0.4 is 41.2 Å². The van der Waals surface area contributed by atoms with Crippen LogP contribution in [0.4, 0.5) is 0 Å². The number of carboxylic acid groups (broad SMARTS) is 1. The van der Waals surface area contributed by atoms with E-state index >= 15 is 0 Å². The molecule has 30 heteroatoms. The molecule has 0 radical (unpaired) electrons. The molecular weight excluding hydrogens is 1520 g/mol. The second-order valence-corrected chi connectivity index (χ2v) is 20.1. The molecule has 0 spiro atoms. The summed E-state index contributed by atoms with van der Waals surface area (Å²) in [5.74, 6) is 4.42. The predicted molar refractivity (Wildman–Crippen MR) is 356 cm³/mol. The van der Waals surface area contributed by atoms with Crippen LogP contribution >= 0.6 is 91.0 Å². The molecule has 87 heavy (non-hydrogen) atoms. The number of amidine groups is 1. The third kappa shape index (κ3) is 35.3. The van der Waals surface area contributed by atoms with E-state index in [1.807, 2.05) is 99.6 Å². The van der Waals surface area contributed by atoms with Crippen LogP contribution in [0.2, 0.25) is 0 Å². The Labute approximate surface area is 582 Å². The fourth-order valence-electron chi connectivity index (χ4n) is 5.39. The maximum absolute atomic E-state index is 11.5. The number of hydrogen-bond donors (Lipinski definition) is 5. The summed E-state index contributed by atoms with van der Waals surface area (Å²) in [6, 6.07) is 38.4. The van der Waals surface area contributed by atoms with Gasteiger partial charge in [-0.3, -0.25) is 4.90 Å². The molecule has 24 nitrogen and oxygen atoms in total. The molecule has 3 aromatic heterocycles. The fraction of sp³-hybridized carbons (Fsp3) is 0.281. The number of carboxylic acids is 1. The maximum atomic E-state index is 11.5. The van der Waals surface area contributed by atoms with Crippen LogP contribution in [0, 0.1) is 49.5 Å². The van der Waals surface area contributed by atoms with Crippen molar-refractivity contribution < 1.29 is 92.6 Å². The summed E-state index contributed by atoms with van der Waals surface area (Å²) in [6.07, 6.45) is 0. The Bertz CT molecular complexity index is 3210. The summed E-state index contributed by atoms with van der Waals surface area (Å²) in [5.41, 5.74) is 9.47. The molecule has 0 saturated carbocycles. The van der Waals surface area contributed by atoms with Crippen LogP contribution in [0.25, 0.3) is 34.4 Å². The molecule has 0 amide bonds. The first-order chi connectivity index (χ1) is 38.6. The zero-order chi connectivity index (χ0) is 61.7. The summed E-state index contributed by atoms with van der Waals surface area (Å²) in [6.45, 7) is 13.3. The van der Waals surface area contributed by atoms with Crippen molar-refractivity contribution in [3.8, 4) is 40.4 Å². The van der Waals surface area contributed by atoms with Gasteiger partial charge >= 0.3 is 52.8 Å². The van der Waals surface area contributed by atoms with Gasteiger partial charge in [0.05, 0.1) is 40.5 Å². The second-order valence-electron chi connectivity index (χ2n) is 15.1. The van der Waals surface area contributed by atoms with Gasteiger partial charge in [-0.15, -0.1) is 23.2 Å². The Morgan fingerprint density at radius 2 is 0.989 bits per heavy atom. The van der Waals surface area contributed by atoms with Gasteiger partial charge in [-0.2, -0.15) is 20.2 Å². The van der Waals surface area contributed by atoms with Crippen LogP contribution in [0.1, 0.15) is 92.9 Å². The first-order valence-electron chi connectivity index (χ1n) is 22.6. The van der Waals surface area contributed by atoms with Gasteiger partial charge in [0.25, 0.3) is 17.7 Å². The molecule has 0 aliphatic rings. The van der Waals surface area contributed by atoms with E-state index in [1.54, 1.807) is 83.5 Å². The molecule has 0 unspecified atom stereocenters. The van der Waals surface area contributed by atoms with E-state index < -0.39 is 17.8 Å². The van der Waals surface area contributed by atoms with E-state index in [2.05, 4.69) is 127 Å². The number of aromatic nitrogens is 6. The number of nitriles is 1. The van der Waals surface area contributed by atoms with Crippen molar-refractivity contribution in [2.45, 2.75) is 75.1 Å². The van der Waals surface area contributed by atoms with Crippen LogP contribution in [-0.4, -0.2) is 120 Å². The molecule has 3 heterocycles.